The van der Waals surface area contributed by atoms with E-state index in [0.29, 0.717) is 25.6 Å². The summed E-state index contributed by atoms with van der Waals surface area (Å²) in [6.45, 7) is 7.11. The third kappa shape index (κ3) is 6.89. The summed E-state index contributed by atoms with van der Waals surface area (Å²) in [6, 6.07) is -0.186. The highest BCUT2D eigenvalue weighted by atomic mass is 32.2. The Balaban J connectivity index is 1.66. The Hall–Kier alpha value is -3.84. The largest absolute Gasteiger partial charge is 0.465 e. The van der Waals surface area contributed by atoms with E-state index in [9.17, 15) is 31.5 Å². The van der Waals surface area contributed by atoms with Gasteiger partial charge in [-0.2, -0.15) is 17.5 Å². The average Bonchev–Trinajstić information content (AvgIpc) is 3.28. The molecular weight excluding hydrogens is 621 g/mol. The molecule has 0 aromatic carbocycles. The van der Waals surface area contributed by atoms with Gasteiger partial charge < -0.3 is 19.6 Å². The molecule has 1 atom stereocenters. The number of hydrogen-bond donors (Lipinski definition) is 1. The highest BCUT2D eigenvalue weighted by Crippen LogP contribution is 2.35. The number of halogens is 3. The van der Waals surface area contributed by atoms with Crippen LogP contribution in [0.2, 0.25) is 0 Å². The fourth-order valence-electron chi connectivity index (χ4n) is 5.36. The number of fused-ring (bicyclic) bond motifs is 1. The van der Waals surface area contributed by atoms with Gasteiger partial charge in [0, 0.05) is 50.7 Å². The maximum absolute atomic E-state index is 14.0. The Kier molecular flexibility index (Phi) is 8.56. The lowest BCUT2D eigenvalue weighted by atomic mass is 10.1. The molecule has 2 aliphatic rings. The zero-order valence-electron chi connectivity index (χ0n) is 25.5. The average molecular weight is 657 g/mol. The molecule has 2 aliphatic heterocycles. The van der Waals surface area contributed by atoms with E-state index >= 15 is 0 Å². The van der Waals surface area contributed by atoms with Crippen LogP contribution in [-0.4, -0.2) is 123 Å². The summed E-state index contributed by atoms with van der Waals surface area (Å²) < 4.78 is 74.0. The first-order valence-corrected chi connectivity index (χ1v) is 16.0. The second-order valence-electron chi connectivity index (χ2n) is 12.0. The van der Waals surface area contributed by atoms with Crippen LogP contribution >= 0.6 is 0 Å². The van der Waals surface area contributed by atoms with Gasteiger partial charge in [-0.3, -0.25) is 4.57 Å². The zero-order valence-corrected chi connectivity index (χ0v) is 26.3. The Labute approximate surface area is 257 Å². The third-order valence-electron chi connectivity index (χ3n) is 7.48. The van der Waals surface area contributed by atoms with Crippen LogP contribution in [0.3, 0.4) is 0 Å². The van der Waals surface area contributed by atoms with Gasteiger partial charge in [0.25, 0.3) is 0 Å². The first-order valence-electron chi connectivity index (χ1n) is 14.2. The van der Waals surface area contributed by atoms with Crippen molar-refractivity contribution in [3.05, 3.63) is 12.4 Å². The number of aromatic nitrogens is 6. The second kappa shape index (κ2) is 11.8. The van der Waals surface area contributed by atoms with Crippen LogP contribution in [0.1, 0.15) is 27.7 Å². The molecule has 5 rings (SSSR count). The van der Waals surface area contributed by atoms with Gasteiger partial charge in [0.1, 0.15) is 6.54 Å². The number of imidazole rings is 1. The van der Waals surface area contributed by atoms with Crippen molar-refractivity contribution in [2.24, 2.45) is 0 Å². The monoisotopic (exact) mass is 656 g/mol. The summed E-state index contributed by atoms with van der Waals surface area (Å²) in [7, 11) is -3.47. The van der Waals surface area contributed by atoms with Gasteiger partial charge in [0.15, 0.2) is 22.8 Å². The number of carboxylic acid groups (broad SMARTS) is 1. The molecular formula is C26H35F3N10O5S. The standard InChI is InChI=1S/C26H35F3N10O5S/c1-16-14-44-11-10-37(16)20-18-21(34-19(33-20)17-12-30-22(31-13-17)39(24(40)41)25(2,3)4)38(15-26(27,28)29)23(32-18)35-6-8-36(9-7-35)45(5,42)43/h12-13,16H,6-11,14-15H2,1-5H3,(H,40,41)/t16-/m0/s1. The van der Waals surface area contributed by atoms with Crippen molar-refractivity contribution in [1.82, 2.24) is 33.8 Å². The van der Waals surface area contributed by atoms with Crippen LogP contribution in [-0.2, 0) is 21.3 Å². The van der Waals surface area contributed by atoms with Gasteiger partial charge in [0.2, 0.25) is 21.9 Å². The maximum Gasteiger partial charge on any atom is 0.414 e. The minimum Gasteiger partial charge on any atom is -0.465 e. The fourth-order valence-corrected chi connectivity index (χ4v) is 6.18. The SMILES string of the molecule is C[C@H]1COCCN1c1nc(-c2cnc(N(C(=O)O)C(C)(C)C)nc2)nc2c1nc(N1CCN(S(C)(=O)=O)CC1)n2CC(F)(F)F. The molecule has 246 valence electrons. The van der Waals surface area contributed by atoms with Crippen molar-refractivity contribution < 1.29 is 36.2 Å². The number of anilines is 3. The van der Waals surface area contributed by atoms with Crippen LogP contribution in [0, 0.1) is 0 Å². The summed E-state index contributed by atoms with van der Waals surface area (Å²) in [5.41, 5.74) is -0.516. The summed E-state index contributed by atoms with van der Waals surface area (Å²) in [6.07, 6.45) is -2.14. The summed E-state index contributed by atoms with van der Waals surface area (Å²) in [5, 5.41) is 9.73. The van der Waals surface area contributed by atoms with E-state index in [-0.39, 0.29) is 66.7 Å². The summed E-state index contributed by atoms with van der Waals surface area (Å²) >= 11 is 0. The van der Waals surface area contributed by atoms with Crippen molar-refractivity contribution in [2.45, 2.75) is 52.0 Å². The Bertz CT molecular complexity index is 1670. The second-order valence-corrected chi connectivity index (χ2v) is 14.0. The van der Waals surface area contributed by atoms with Crippen LogP contribution in [0.4, 0.5) is 35.7 Å². The van der Waals surface area contributed by atoms with Crippen molar-refractivity contribution >= 4 is 45.0 Å². The molecule has 2 saturated heterocycles. The predicted molar refractivity (Wildman–Crippen MR) is 159 cm³/mol. The van der Waals surface area contributed by atoms with Gasteiger partial charge in [-0.05, 0) is 27.7 Å². The molecule has 0 spiro atoms. The molecule has 3 aromatic heterocycles. The van der Waals surface area contributed by atoms with Gasteiger partial charge in [-0.25, -0.2) is 43.0 Å². The molecule has 19 heteroatoms. The van der Waals surface area contributed by atoms with E-state index in [1.807, 2.05) is 11.8 Å². The Morgan fingerprint density at radius 1 is 1.07 bits per heavy atom. The number of carbonyl (C=O) groups is 1. The third-order valence-corrected chi connectivity index (χ3v) is 8.79. The maximum atomic E-state index is 14.0. The normalized spacial score (nSPS) is 18.9. The minimum atomic E-state index is -4.63. The Morgan fingerprint density at radius 3 is 2.24 bits per heavy atom. The van der Waals surface area contributed by atoms with Crippen molar-refractivity contribution in [3.8, 4) is 11.4 Å². The molecule has 3 aromatic rings. The number of ether oxygens (including phenoxy) is 1. The van der Waals surface area contributed by atoms with Crippen molar-refractivity contribution in [2.75, 3.05) is 66.9 Å². The highest BCUT2D eigenvalue weighted by Gasteiger charge is 2.36. The topological polar surface area (TPSA) is 163 Å². The molecule has 15 nitrogen and oxygen atoms in total. The van der Waals surface area contributed by atoms with Crippen LogP contribution < -0.4 is 14.7 Å². The van der Waals surface area contributed by atoms with E-state index < -0.39 is 34.4 Å². The van der Waals surface area contributed by atoms with Gasteiger partial charge in [-0.15, -0.1) is 0 Å². The number of rotatable bonds is 6. The number of morpholine rings is 1. The first-order chi connectivity index (χ1) is 20.9. The zero-order chi connectivity index (χ0) is 32.9. The molecule has 0 bridgehead atoms. The smallest absolute Gasteiger partial charge is 0.414 e. The molecule has 0 radical (unpaired) electrons. The molecule has 0 saturated carbocycles. The van der Waals surface area contributed by atoms with Gasteiger partial charge in [0.05, 0.1) is 31.1 Å². The van der Waals surface area contributed by atoms with Crippen molar-refractivity contribution in [1.29, 1.82) is 0 Å². The summed E-state index contributed by atoms with van der Waals surface area (Å²) in [5.74, 6) is 0.239. The van der Waals surface area contributed by atoms with E-state index in [1.54, 1.807) is 25.7 Å². The number of sulfonamides is 1. The molecule has 45 heavy (non-hydrogen) atoms. The van der Waals surface area contributed by atoms with Crippen LogP contribution in [0.25, 0.3) is 22.6 Å². The van der Waals surface area contributed by atoms with E-state index in [0.717, 1.165) is 15.7 Å². The molecule has 2 fully saturated rings. The molecule has 1 N–H and O–H groups in total. The lowest BCUT2D eigenvalue weighted by Crippen LogP contribution is -2.49. The highest BCUT2D eigenvalue weighted by molar-refractivity contribution is 7.88. The molecule has 1 amide bonds. The number of hydrogen-bond acceptors (Lipinski definition) is 11. The Morgan fingerprint density at radius 2 is 1.71 bits per heavy atom. The number of alkyl halides is 3. The quantitative estimate of drug-likeness (QED) is 0.413. The first kappa shape index (κ1) is 32.6. The van der Waals surface area contributed by atoms with E-state index in [1.165, 1.54) is 16.7 Å². The lowest BCUT2D eigenvalue weighted by Gasteiger charge is -2.34. The van der Waals surface area contributed by atoms with Crippen molar-refractivity contribution in [3.63, 3.8) is 0 Å². The molecule has 0 aliphatic carbocycles. The number of piperazine rings is 1. The lowest BCUT2D eigenvalue weighted by molar-refractivity contribution is -0.139. The predicted octanol–water partition coefficient (Wildman–Crippen LogP) is 2.44. The summed E-state index contributed by atoms with van der Waals surface area (Å²) in [4.78, 5) is 38.8. The van der Waals surface area contributed by atoms with Gasteiger partial charge in [-0.1, -0.05) is 0 Å². The van der Waals surface area contributed by atoms with E-state index in [2.05, 4.69) is 19.9 Å². The fraction of sp³-hybridized carbons (Fsp3) is 0.615. The number of nitrogens with zero attached hydrogens (tertiary/aromatic N) is 10. The molecule has 0 unspecified atom stereocenters. The van der Waals surface area contributed by atoms with Crippen LogP contribution in [0.5, 0.6) is 0 Å². The van der Waals surface area contributed by atoms with Gasteiger partial charge >= 0.3 is 12.3 Å². The van der Waals surface area contributed by atoms with E-state index in [4.69, 9.17) is 9.72 Å². The molecule has 5 heterocycles. The number of amides is 1. The minimum absolute atomic E-state index is 0.00189. The van der Waals surface area contributed by atoms with Crippen LogP contribution in [0.15, 0.2) is 12.4 Å².